The molecule has 0 saturated heterocycles. The number of amides is 2. The van der Waals surface area contributed by atoms with Crippen molar-refractivity contribution in [3.05, 3.63) is 53.3 Å². The first-order chi connectivity index (χ1) is 11.0. The molecule has 7 nitrogen and oxygen atoms in total. The molecule has 1 aromatic heterocycles. The maximum Gasteiger partial charge on any atom is 0.381 e. The number of hydroxylamine groups is 2. The molecule has 3 rings (SSSR count). The second kappa shape index (κ2) is 5.68. The number of hydrogen-bond donors (Lipinski definition) is 0. The van der Waals surface area contributed by atoms with Crippen LogP contribution in [0.15, 0.2) is 36.5 Å². The molecule has 0 saturated carbocycles. The predicted octanol–water partition coefficient (Wildman–Crippen LogP) is 1.91. The van der Waals surface area contributed by atoms with Gasteiger partial charge in [0.2, 0.25) is 0 Å². The molecular formula is C16H15N3O4. The van der Waals surface area contributed by atoms with Gasteiger partial charge in [0, 0.05) is 12.7 Å². The molecule has 0 bridgehead atoms. The van der Waals surface area contributed by atoms with Crippen molar-refractivity contribution in [1.82, 2.24) is 14.8 Å². The summed E-state index contributed by atoms with van der Waals surface area (Å²) in [6, 6.07) is 7.82. The van der Waals surface area contributed by atoms with Gasteiger partial charge in [-0.15, -0.1) is 0 Å². The molecule has 1 aliphatic heterocycles. The lowest BCUT2D eigenvalue weighted by atomic mass is 10.1. The maximum atomic E-state index is 12.3. The summed E-state index contributed by atoms with van der Waals surface area (Å²) in [5.74, 6) is -1.80. The SMILES string of the molecule is CC(C)Cn1nccc1C(=O)ON1C(=O)c2ccccc2C1=O. The highest BCUT2D eigenvalue weighted by Crippen LogP contribution is 2.23. The molecule has 2 amide bonds. The Hall–Kier alpha value is -2.96. The van der Waals surface area contributed by atoms with Gasteiger partial charge in [0.05, 0.1) is 11.1 Å². The van der Waals surface area contributed by atoms with Crippen LogP contribution in [-0.2, 0) is 11.4 Å². The first-order valence-electron chi connectivity index (χ1n) is 7.21. The van der Waals surface area contributed by atoms with Gasteiger partial charge in [0.25, 0.3) is 11.8 Å². The van der Waals surface area contributed by atoms with E-state index in [1.54, 1.807) is 12.1 Å². The van der Waals surface area contributed by atoms with Crippen molar-refractivity contribution in [2.75, 3.05) is 0 Å². The van der Waals surface area contributed by atoms with Gasteiger partial charge in [-0.1, -0.05) is 31.0 Å². The van der Waals surface area contributed by atoms with E-state index >= 15 is 0 Å². The number of benzene rings is 1. The number of carbonyl (C=O) groups excluding carboxylic acids is 3. The Morgan fingerprint density at radius 3 is 2.30 bits per heavy atom. The lowest BCUT2D eigenvalue weighted by Crippen LogP contribution is -2.33. The molecule has 1 aromatic carbocycles. The van der Waals surface area contributed by atoms with Gasteiger partial charge in [-0.25, -0.2) is 4.79 Å². The molecule has 0 fully saturated rings. The maximum absolute atomic E-state index is 12.3. The van der Waals surface area contributed by atoms with Crippen molar-refractivity contribution in [3.8, 4) is 0 Å². The molecule has 0 atom stereocenters. The van der Waals surface area contributed by atoms with Gasteiger partial charge in [-0.05, 0) is 24.1 Å². The molecule has 0 aliphatic carbocycles. The van der Waals surface area contributed by atoms with Crippen LogP contribution in [0.5, 0.6) is 0 Å². The molecule has 1 aliphatic rings. The standard InChI is InChI=1S/C16H15N3O4/c1-10(2)9-18-13(7-8-17-18)16(22)23-19-14(20)11-5-3-4-6-12(11)15(19)21/h3-8,10H,9H2,1-2H3. The topological polar surface area (TPSA) is 81.5 Å². The van der Waals surface area contributed by atoms with Crippen LogP contribution in [0.4, 0.5) is 0 Å². The monoisotopic (exact) mass is 313 g/mol. The zero-order valence-electron chi connectivity index (χ0n) is 12.7. The van der Waals surface area contributed by atoms with Crippen LogP contribution < -0.4 is 0 Å². The van der Waals surface area contributed by atoms with Gasteiger partial charge < -0.3 is 4.84 Å². The number of hydrogen-bond acceptors (Lipinski definition) is 5. The minimum Gasteiger partial charge on any atom is -0.323 e. The van der Waals surface area contributed by atoms with Crippen LogP contribution in [0.25, 0.3) is 0 Å². The van der Waals surface area contributed by atoms with Crippen LogP contribution in [0.1, 0.15) is 45.1 Å². The zero-order chi connectivity index (χ0) is 16.6. The summed E-state index contributed by atoms with van der Waals surface area (Å²) in [7, 11) is 0. The van der Waals surface area contributed by atoms with E-state index in [0.717, 1.165) is 0 Å². The Labute approximate surface area is 132 Å². The zero-order valence-corrected chi connectivity index (χ0v) is 12.7. The number of rotatable bonds is 4. The Morgan fingerprint density at radius 1 is 1.13 bits per heavy atom. The summed E-state index contributed by atoms with van der Waals surface area (Å²) in [6.45, 7) is 4.50. The largest absolute Gasteiger partial charge is 0.381 e. The second-order valence-corrected chi connectivity index (χ2v) is 5.62. The van der Waals surface area contributed by atoms with E-state index in [-0.39, 0.29) is 22.7 Å². The molecular weight excluding hydrogens is 298 g/mol. The van der Waals surface area contributed by atoms with Gasteiger partial charge in [-0.2, -0.15) is 5.10 Å². The van der Waals surface area contributed by atoms with E-state index in [9.17, 15) is 14.4 Å². The summed E-state index contributed by atoms with van der Waals surface area (Å²) in [5.41, 5.74) is 0.636. The third-order valence-electron chi connectivity index (χ3n) is 3.39. The first-order valence-corrected chi connectivity index (χ1v) is 7.21. The third-order valence-corrected chi connectivity index (χ3v) is 3.39. The van der Waals surface area contributed by atoms with Crippen molar-refractivity contribution < 1.29 is 19.2 Å². The average Bonchev–Trinajstić information content (AvgIpc) is 3.06. The van der Waals surface area contributed by atoms with E-state index in [1.807, 2.05) is 13.8 Å². The molecule has 2 aromatic rings. The number of aromatic nitrogens is 2. The van der Waals surface area contributed by atoms with E-state index in [2.05, 4.69) is 5.10 Å². The summed E-state index contributed by atoms with van der Waals surface area (Å²) in [6.07, 6.45) is 1.47. The van der Waals surface area contributed by atoms with Gasteiger partial charge in [0.15, 0.2) is 0 Å². The second-order valence-electron chi connectivity index (χ2n) is 5.62. The molecule has 118 valence electrons. The van der Waals surface area contributed by atoms with Crippen LogP contribution >= 0.6 is 0 Å². The Balaban J connectivity index is 1.81. The lowest BCUT2D eigenvalue weighted by molar-refractivity contribution is -0.0592. The van der Waals surface area contributed by atoms with Crippen LogP contribution in [0.2, 0.25) is 0 Å². The fourth-order valence-corrected chi connectivity index (χ4v) is 2.38. The van der Waals surface area contributed by atoms with Crippen molar-refractivity contribution >= 4 is 17.8 Å². The van der Waals surface area contributed by atoms with E-state index in [4.69, 9.17) is 4.84 Å². The van der Waals surface area contributed by atoms with Crippen LogP contribution in [-0.4, -0.2) is 32.6 Å². The van der Waals surface area contributed by atoms with E-state index < -0.39 is 17.8 Å². The normalized spacial score (nSPS) is 13.6. The molecule has 0 N–H and O–H groups in total. The van der Waals surface area contributed by atoms with E-state index in [0.29, 0.717) is 11.6 Å². The molecule has 0 unspecified atom stereocenters. The summed E-state index contributed by atoms with van der Waals surface area (Å²) in [5, 5.41) is 4.56. The van der Waals surface area contributed by atoms with Crippen molar-refractivity contribution in [1.29, 1.82) is 0 Å². The smallest absolute Gasteiger partial charge is 0.323 e. The summed E-state index contributed by atoms with van der Waals surface area (Å²) < 4.78 is 1.49. The highest BCUT2D eigenvalue weighted by molar-refractivity contribution is 6.21. The van der Waals surface area contributed by atoms with Gasteiger partial charge >= 0.3 is 5.97 Å². The Bertz CT molecular complexity index is 759. The highest BCUT2D eigenvalue weighted by atomic mass is 16.7. The molecule has 2 heterocycles. The number of nitrogens with zero attached hydrogens (tertiary/aromatic N) is 3. The first kappa shape index (κ1) is 15.0. The van der Waals surface area contributed by atoms with Crippen molar-refractivity contribution in [2.45, 2.75) is 20.4 Å². The van der Waals surface area contributed by atoms with Crippen LogP contribution in [0, 0.1) is 5.92 Å². The molecule has 23 heavy (non-hydrogen) atoms. The van der Waals surface area contributed by atoms with Crippen LogP contribution in [0.3, 0.4) is 0 Å². The van der Waals surface area contributed by atoms with Gasteiger partial charge in [-0.3, -0.25) is 14.3 Å². The quantitative estimate of drug-likeness (QED) is 0.805. The minimum atomic E-state index is -0.794. The predicted molar refractivity (Wildman–Crippen MR) is 79.4 cm³/mol. The lowest BCUT2D eigenvalue weighted by Gasteiger charge is -2.14. The number of carbonyl (C=O) groups is 3. The fraction of sp³-hybridized carbons (Fsp3) is 0.250. The Morgan fingerprint density at radius 2 is 1.74 bits per heavy atom. The van der Waals surface area contributed by atoms with Gasteiger partial charge in [0.1, 0.15) is 5.69 Å². The van der Waals surface area contributed by atoms with Crippen molar-refractivity contribution in [3.63, 3.8) is 0 Å². The molecule has 0 radical (unpaired) electrons. The highest BCUT2D eigenvalue weighted by Gasteiger charge is 2.39. The minimum absolute atomic E-state index is 0.190. The van der Waals surface area contributed by atoms with E-state index in [1.165, 1.54) is 29.1 Å². The Kier molecular flexibility index (Phi) is 3.69. The number of imide groups is 1. The fourth-order valence-electron chi connectivity index (χ4n) is 2.38. The summed E-state index contributed by atoms with van der Waals surface area (Å²) >= 11 is 0. The number of fused-ring (bicyclic) bond motifs is 1. The van der Waals surface area contributed by atoms with Crippen molar-refractivity contribution in [2.24, 2.45) is 5.92 Å². The third kappa shape index (κ3) is 2.61. The average molecular weight is 313 g/mol. The summed E-state index contributed by atoms with van der Waals surface area (Å²) in [4.78, 5) is 41.7. The molecule has 7 heteroatoms. The molecule has 0 spiro atoms.